The zero-order valence-corrected chi connectivity index (χ0v) is 11.0. The Balaban J connectivity index is 0.000000531. The van der Waals surface area contributed by atoms with Gasteiger partial charge in [0.1, 0.15) is 0 Å². The zero-order valence-electron chi connectivity index (χ0n) is 10.2. The predicted octanol–water partition coefficient (Wildman–Crippen LogP) is 4.27. The van der Waals surface area contributed by atoms with Crippen molar-refractivity contribution in [3.63, 3.8) is 0 Å². The van der Waals surface area contributed by atoms with Crippen molar-refractivity contribution in [2.75, 3.05) is 0 Å². The summed E-state index contributed by atoms with van der Waals surface area (Å²) < 4.78 is 0. The summed E-state index contributed by atoms with van der Waals surface area (Å²) in [6.45, 7) is 8.42. The lowest BCUT2D eigenvalue weighted by Gasteiger charge is -2.16. The number of hydrogen-bond acceptors (Lipinski definition) is 2. The van der Waals surface area contributed by atoms with Gasteiger partial charge in [-0.2, -0.15) is 0 Å². The van der Waals surface area contributed by atoms with Gasteiger partial charge in [-0.3, -0.25) is 0 Å². The summed E-state index contributed by atoms with van der Waals surface area (Å²) >= 11 is 1.80. The van der Waals surface area contributed by atoms with Crippen molar-refractivity contribution in [2.45, 2.75) is 59.0 Å². The van der Waals surface area contributed by atoms with Crippen LogP contribution in [0.1, 0.15) is 67.9 Å². The number of aryl methyl sites for hydroxylation is 1. The number of thiophene rings is 1. The van der Waals surface area contributed by atoms with Gasteiger partial charge in [-0.05, 0) is 36.8 Å². The molecule has 2 rings (SSSR count). The largest absolute Gasteiger partial charge is 0.388 e. The second-order valence-electron chi connectivity index (χ2n) is 4.10. The lowest BCUT2D eigenvalue weighted by Crippen LogP contribution is -2.04. The van der Waals surface area contributed by atoms with Gasteiger partial charge in [-0.15, -0.1) is 11.3 Å². The highest BCUT2D eigenvalue weighted by molar-refractivity contribution is 7.12. The van der Waals surface area contributed by atoms with E-state index in [1.54, 1.807) is 11.3 Å². The van der Waals surface area contributed by atoms with Gasteiger partial charge in [-0.1, -0.05) is 27.7 Å². The Morgan fingerprint density at radius 1 is 1.40 bits per heavy atom. The molecular formula is C13H22OS. The molecule has 1 unspecified atom stereocenters. The molecule has 0 radical (unpaired) electrons. The molecule has 0 saturated heterocycles. The molecule has 2 heteroatoms. The Hall–Kier alpha value is -0.340. The second kappa shape index (κ2) is 5.66. The van der Waals surface area contributed by atoms with Crippen molar-refractivity contribution < 1.29 is 5.11 Å². The molecule has 0 aliphatic heterocycles. The van der Waals surface area contributed by atoms with Crippen LogP contribution in [0, 0.1) is 0 Å². The molecule has 0 spiro atoms. The summed E-state index contributed by atoms with van der Waals surface area (Å²) in [6.07, 6.45) is 3.07. The fraction of sp³-hybridized carbons (Fsp3) is 0.692. The Morgan fingerprint density at radius 2 is 2.07 bits per heavy atom. The summed E-state index contributed by atoms with van der Waals surface area (Å²) in [6, 6.07) is 2.28. The fourth-order valence-corrected chi connectivity index (χ4v) is 3.08. The molecule has 0 fully saturated rings. The van der Waals surface area contributed by atoms with Gasteiger partial charge in [0, 0.05) is 9.75 Å². The van der Waals surface area contributed by atoms with E-state index in [4.69, 9.17) is 0 Å². The van der Waals surface area contributed by atoms with Gasteiger partial charge in [-0.25, -0.2) is 0 Å². The molecule has 1 nitrogen and oxygen atoms in total. The first-order chi connectivity index (χ1) is 7.18. The van der Waals surface area contributed by atoms with Crippen molar-refractivity contribution in [1.29, 1.82) is 0 Å². The Kier molecular flexibility index (Phi) is 4.81. The number of hydrogen-bond donors (Lipinski definition) is 1. The summed E-state index contributed by atoms with van der Waals surface area (Å²) in [7, 11) is 0. The van der Waals surface area contributed by atoms with Crippen LogP contribution in [0.15, 0.2) is 6.07 Å². The minimum absolute atomic E-state index is 0.179. The van der Waals surface area contributed by atoms with Crippen LogP contribution in [-0.4, -0.2) is 5.11 Å². The van der Waals surface area contributed by atoms with Crippen LogP contribution in [0.4, 0.5) is 0 Å². The SMILES string of the molecule is CC.CC(C)c1cc2c(s1)C(O)CCC2. The third-order valence-corrected chi connectivity index (χ3v) is 4.24. The number of aliphatic hydroxyl groups excluding tert-OH is 1. The monoisotopic (exact) mass is 226 g/mol. The van der Waals surface area contributed by atoms with Crippen molar-refractivity contribution in [2.24, 2.45) is 0 Å². The molecule has 0 aromatic carbocycles. The first-order valence-electron chi connectivity index (χ1n) is 5.99. The fourth-order valence-electron chi connectivity index (χ4n) is 1.84. The molecule has 1 N–H and O–H groups in total. The molecule has 1 aromatic rings. The predicted molar refractivity (Wildman–Crippen MR) is 67.7 cm³/mol. The molecule has 1 atom stereocenters. The third kappa shape index (κ3) is 2.82. The van der Waals surface area contributed by atoms with E-state index in [0.717, 1.165) is 19.3 Å². The van der Waals surface area contributed by atoms with E-state index in [0.29, 0.717) is 5.92 Å². The van der Waals surface area contributed by atoms with Gasteiger partial charge >= 0.3 is 0 Å². The highest BCUT2D eigenvalue weighted by Gasteiger charge is 2.21. The third-order valence-electron chi connectivity index (χ3n) is 2.66. The maximum Gasteiger partial charge on any atom is 0.0885 e. The Bertz CT molecular complexity index is 301. The molecule has 1 aliphatic rings. The molecule has 1 heterocycles. The minimum atomic E-state index is -0.179. The van der Waals surface area contributed by atoms with Crippen LogP contribution in [0.2, 0.25) is 0 Å². The average molecular weight is 226 g/mol. The van der Waals surface area contributed by atoms with Crippen molar-refractivity contribution >= 4 is 11.3 Å². The van der Waals surface area contributed by atoms with Gasteiger partial charge in [0.25, 0.3) is 0 Å². The first kappa shape index (κ1) is 12.7. The highest BCUT2D eigenvalue weighted by atomic mass is 32.1. The molecule has 15 heavy (non-hydrogen) atoms. The Labute approximate surface area is 97.2 Å². The standard InChI is InChI=1S/C11H16OS.C2H6/c1-7(2)10-6-8-4-3-5-9(12)11(8)13-10;1-2/h6-7,9,12H,3-5H2,1-2H3;1-2H3. The number of rotatable bonds is 1. The van der Waals surface area contributed by atoms with Crippen LogP contribution in [-0.2, 0) is 6.42 Å². The van der Waals surface area contributed by atoms with Gasteiger partial charge in [0.05, 0.1) is 6.10 Å². The average Bonchev–Trinajstić information content (AvgIpc) is 2.66. The molecule has 86 valence electrons. The van der Waals surface area contributed by atoms with E-state index >= 15 is 0 Å². The van der Waals surface area contributed by atoms with Crippen molar-refractivity contribution in [3.8, 4) is 0 Å². The van der Waals surface area contributed by atoms with Crippen LogP contribution < -0.4 is 0 Å². The highest BCUT2D eigenvalue weighted by Crippen LogP contribution is 2.38. The van der Waals surface area contributed by atoms with E-state index < -0.39 is 0 Å². The van der Waals surface area contributed by atoms with Crippen molar-refractivity contribution in [3.05, 3.63) is 21.4 Å². The minimum Gasteiger partial charge on any atom is -0.388 e. The molecular weight excluding hydrogens is 204 g/mol. The topological polar surface area (TPSA) is 20.2 Å². The molecule has 1 aliphatic carbocycles. The quantitative estimate of drug-likeness (QED) is 0.758. The maximum absolute atomic E-state index is 9.77. The molecule has 0 amide bonds. The van der Waals surface area contributed by atoms with Crippen LogP contribution >= 0.6 is 11.3 Å². The van der Waals surface area contributed by atoms with Crippen LogP contribution in [0.25, 0.3) is 0 Å². The summed E-state index contributed by atoms with van der Waals surface area (Å²) in [5.41, 5.74) is 1.40. The van der Waals surface area contributed by atoms with E-state index in [-0.39, 0.29) is 6.10 Å². The lowest BCUT2D eigenvalue weighted by molar-refractivity contribution is 0.161. The zero-order chi connectivity index (χ0) is 11.4. The molecule has 0 saturated carbocycles. The van der Waals surface area contributed by atoms with Crippen molar-refractivity contribution in [1.82, 2.24) is 0 Å². The maximum atomic E-state index is 9.77. The van der Waals surface area contributed by atoms with Crippen LogP contribution in [0.5, 0.6) is 0 Å². The molecule has 0 bridgehead atoms. The number of aliphatic hydroxyl groups is 1. The van der Waals surface area contributed by atoms with Gasteiger partial charge < -0.3 is 5.11 Å². The first-order valence-corrected chi connectivity index (χ1v) is 6.80. The normalized spacial score (nSPS) is 19.5. The molecule has 1 aromatic heterocycles. The van der Waals surface area contributed by atoms with Gasteiger partial charge in [0.2, 0.25) is 0 Å². The van der Waals surface area contributed by atoms with E-state index in [2.05, 4.69) is 19.9 Å². The van der Waals surface area contributed by atoms with E-state index in [1.807, 2.05) is 13.8 Å². The summed E-state index contributed by atoms with van der Waals surface area (Å²) in [4.78, 5) is 2.65. The Morgan fingerprint density at radius 3 is 2.60 bits per heavy atom. The smallest absolute Gasteiger partial charge is 0.0885 e. The second-order valence-corrected chi connectivity index (χ2v) is 5.22. The van der Waals surface area contributed by atoms with Gasteiger partial charge in [0.15, 0.2) is 0 Å². The van der Waals surface area contributed by atoms with E-state index in [9.17, 15) is 5.11 Å². The number of fused-ring (bicyclic) bond motifs is 1. The van der Waals surface area contributed by atoms with E-state index in [1.165, 1.54) is 15.3 Å². The summed E-state index contributed by atoms with van der Waals surface area (Å²) in [5.74, 6) is 0.600. The summed E-state index contributed by atoms with van der Waals surface area (Å²) in [5, 5.41) is 9.77. The lowest BCUT2D eigenvalue weighted by atomic mass is 9.96. The van der Waals surface area contributed by atoms with Crippen LogP contribution in [0.3, 0.4) is 0 Å².